The standard InChI is InChI=1S/C8H13Br/c1-3-4-5-6-7-8(2)9/h4-8H,3H2,1-2H3/b5-4-,7-6-. The van der Waals surface area contributed by atoms with E-state index in [2.05, 4.69) is 54.1 Å². The van der Waals surface area contributed by atoms with Crippen LogP contribution in [0.1, 0.15) is 20.3 Å². The first kappa shape index (κ1) is 8.96. The molecule has 0 aliphatic rings. The smallest absolute Gasteiger partial charge is 0.0300 e. The summed E-state index contributed by atoms with van der Waals surface area (Å²) in [6.07, 6.45) is 9.47. The number of halogens is 1. The molecule has 0 N–H and O–H groups in total. The number of allylic oxidation sites excluding steroid dienone is 4. The van der Waals surface area contributed by atoms with Crippen LogP contribution in [0.4, 0.5) is 0 Å². The highest BCUT2D eigenvalue weighted by Crippen LogP contribution is 1.98. The quantitative estimate of drug-likeness (QED) is 0.472. The SMILES string of the molecule is CC/C=C\C=C/C(C)Br. The average molecular weight is 189 g/mol. The molecule has 0 radical (unpaired) electrons. The van der Waals surface area contributed by atoms with Crippen molar-refractivity contribution in [3.05, 3.63) is 24.3 Å². The summed E-state index contributed by atoms with van der Waals surface area (Å²) in [5.74, 6) is 0. The summed E-state index contributed by atoms with van der Waals surface area (Å²) in [6.45, 7) is 4.22. The molecule has 0 aromatic heterocycles. The van der Waals surface area contributed by atoms with E-state index in [0.717, 1.165) is 6.42 Å². The zero-order valence-corrected chi connectivity index (χ0v) is 7.56. The third-order valence-corrected chi connectivity index (χ3v) is 1.16. The van der Waals surface area contributed by atoms with Crippen LogP contribution in [0.3, 0.4) is 0 Å². The van der Waals surface area contributed by atoms with Gasteiger partial charge in [-0.1, -0.05) is 47.2 Å². The molecule has 0 aromatic carbocycles. The van der Waals surface area contributed by atoms with Gasteiger partial charge in [0.1, 0.15) is 0 Å². The summed E-state index contributed by atoms with van der Waals surface area (Å²) in [6, 6.07) is 0. The third-order valence-electron chi connectivity index (χ3n) is 0.859. The van der Waals surface area contributed by atoms with Crippen LogP contribution in [0.5, 0.6) is 0 Å². The molecule has 0 aliphatic heterocycles. The monoisotopic (exact) mass is 188 g/mol. The molecule has 0 saturated carbocycles. The van der Waals surface area contributed by atoms with Crippen LogP contribution >= 0.6 is 15.9 Å². The molecular weight excluding hydrogens is 176 g/mol. The highest BCUT2D eigenvalue weighted by molar-refractivity contribution is 9.09. The number of hydrogen-bond acceptors (Lipinski definition) is 0. The summed E-state index contributed by atoms with van der Waals surface area (Å²) in [5.41, 5.74) is 0. The van der Waals surface area contributed by atoms with Gasteiger partial charge in [-0.25, -0.2) is 0 Å². The Bertz CT molecular complexity index is 101. The van der Waals surface area contributed by atoms with Gasteiger partial charge in [-0.05, 0) is 13.3 Å². The molecule has 0 bridgehead atoms. The molecule has 0 aromatic rings. The van der Waals surface area contributed by atoms with Gasteiger partial charge in [0.15, 0.2) is 0 Å². The molecule has 0 fully saturated rings. The molecule has 0 amide bonds. The molecular formula is C8H13Br. The molecule has 0 aliphatic carbocycles. The Morgan fingerprint density at radius 1 is 1.44 bits per heavy atom. The lowest BCUT2D eigenvalue weighted by atomic mass is 10.3. The van der Waals surface area contributed by atoms with Gasteiger partial charge in [-0.3, -0.25) is 0 Å². The molecule has 0 nitrogen and oxygen atoms in total. The van der Waals surface area contributed by atoms with E-state index >= 15 is 0 Å². The van der Waals surface area contributed by atoms with Crippen molar-refractivity contribution in [1.82, 2.24) is 0 Å². The van der Waals surface area contributed by atoms with Gasteiger partial charge in [0.2, 0.25) is 0 Å². The second kappa shape index (κ2) is 6.09. The molecule has 0 heterocycles. The van der Waals surface area contributed by atoms with Gasteiger partial charge < -0.3 is 0 Å². The van der Waals surface area contributed by atoms with Crippen LogP contribution in [0.15, 0.2) is 24.3 Å². The fourth-order valence-electron chi connectivity index (χ4n) is 0.432. The first-order valence-electron chi connectivity index (χ1n) is 3.24. The minimum atomic E-state index is 0.485. The number of alkyl halides is 1. The van der Waals surface area contributed by atoms with Crippen molar-refractivity contribution in [3.8, 4) is 0 Å². The van der Waals surface area contributed by atoms with E-state index in [4.69, 9.17) is 0 Å². The van der Waals surface area contributed by atoms with Gasteiger partial charge in [-0.15, -0.1) is 0 Å². The van der Waals surface area contributed by atoms with Crippen molar-refractivity contribution < 1.29 is 0 Å². The Labute approximate surface area is 65.8 Å². The Morgan fingerprint density at radius 2 is 2.11 bits per heavy atom. The predicted molar refractivity (Wildman–Crippen MR) is 47.0 cm³/mol. The van der Waals surface area contributed by atoms with E-state index in [9.17, 15) is 0 Å². The predicted octanol–water partition coefficient (Wildman–Crippen LogP) is 3.29. The molecule has 0 spiro atoms. The van der Waals surface area contributed by atoms with E-state index in [1.54, 1.807) is 0 Å². The molecule has 9 heavy (non-hydrogen) atoms. The van der Waals surface area contributed by atoms with Gasteiger partial charge in [0.05, 0.1) is 0 Å². The minimum absolute atomic E-state index is 0.485. The Hall–Kier alpha value is -0.0400. The van der Waals surface area contributed by atoms with Crippen molar-refractivity contribution in [3.63, 3.8) is 0 Å². The molecule has 1 unspecified atom stereocenters. The maximum absolute atomic E-state index is 3.41. The maximum atomic E-state index is 3.41. The molecule has 52 valence electrons. The summed E-state index contributed by atoms with van der Waals surface area (Å²) in [4.78, 5) is 0.485. The van der Waals surface area contributed by atoms with Gasteiger partial charge >= 0.3 is 0 Å². The largest absolute Gasteiger partial charge is 0.0848 e. The van der Waals surface area contributed by atoms with Crippen LogP contribution in [0, 0.1) is 0 Å². The average Bonchev–Trinajstić information content (AvgIpc) is 1.80. The van der Waals surface area contributed by atoms with E-state index in [-0.39, 0.29) is 0 Å². The van der Waals surface area contributed by atoms with Crippen LogP contribution in [0.25, 0.3) is 0 Å². The highest BCUT2D eigenvalue weighted by Gasteiger charge is 1.80. The highest BCUT2D eigenvalue weighted by atomic mass is 79.9. The molecule has 1 atom stereocenters. The van der Waals surface area contributed by atoms with E-state index in [1.807, 2.05) is 0 Å². The van der Waals surface area contributed by atoms with Crippen molar-refractivity contribution in [2.75, 3.05) is 0 Å². The van der Waals surface area contributed by atoms with Gasteiger partial charge in [-0.2, -0.15) is 0 Å². The van der Waals surface area contributed by atoms with Crippen LogP contribution in [-0.4, -0.2) is 4.83 Å². The zero-order chi connectivity index (χ0) is 7.11. The topological polar surface area (TPSA) is 0 Å². The molecule has 0 saturated heterocycles. The Kier molecular flexibility index (Phi) is 6.06. The van der Waals surface area contributed by atoms with E-state index in [0.29, 0.717) is 4.83 Å². The second-order valence-electron chi connectivity index (χ2n) is 1.90. The normalized spacial score (nSPS) is 15.4. The first-order chi connectivity index (χ1) is 4.27. The third kappa shape index (κ3) is 7.96. The minimum Gasteiger partial charge on any atom is -0.0848 e. The van der Waals surface area contributed by atoms with Crippen molar-refractivity contribution >= 4 is 15.9 Å². The fourth-order valence-corrected chi connectivity index (χ4v) is 0.608. The van der Waals surface area contributed by atoms with Crippen LogP contribution in [-0.2, 0) is 0 Å². The van der Waals surface area contributed by atoms with Crippen molar-refractivity contribution in [1.29, 1.82) is 0 Å². The lowest BCUT2D eigenvalue weighted by molar-refractivity contribution is 1.22. The molecule has 1 heteroatoms. The second-order valence-corrected chi connectivity index (χ2v) is 3.34. The zero-order valence-electron chi connectivity index (χ0n) is 5.97. The number of hydrogen-bond donors (Lipinski definition) is 0. The number of rotatable bonds is 3. The van der Waals surface area contributed by atoms with Gasteiger partial charge in [0, 0.05) is 4.83 Å². The van der Waals surface area contributed by atoms with Crippen molar-refractivity contribution in [2.45, 2.75) is 25.1 Å². The maximum Gasteiger partial charge on any atom is 0.0300 e. The first-order valence-corrected chi connectivity index (χ1v) is 4.16. The molecule has 0 rings (SSSR count). The lowest BCUT2D eigenvalue weighted by Crippen LogP contribution is -1.77. The van der Waals surface area contributed by atoms with E-state index in [1.165, 1.54) is 0 Å². The summed E-state index contributed by atoms with van der Waals surface area (Å²) in [7, 11) is 0. The van der Waals surface area contributed by atoms with Gasteiger partial charge in [0.25, 0.3) is 0 Å². The van der Waals surface area contributed by atoms with E-state index < -0.39 is 0 Å². The summed E-state index contributed by atoms with van der Waals surface area (Å²) >= 11 is 3.41. The Balaban J connectivity index is 3.35. The Morgan fingerprint density at radius 3 is 2.56 bits per heavy atom. The summed E-state index contributed by atoms with van der Waals surface area (Å²) < 4.78 is 0. The van der Waals surface area contributed by atoms with Crippen molar-refractivity contribution in [2.24, 2.45) is 0 Å². The lowest BCUT2D eigenvalue weighted by Gasteiger charge is -1.86. The summed E-state index contributed by atoms with van der Waals surface area (Å²) in [5, 5.41) is 0. The van der Waals surface area contributed by atoms with Crippen LogP contribution in [0.2, 0.25) is 0 Å². The van der Waals surface area contributed by atoms with Crippen LogP contribution < -0.4 is 0 Å². The fraction of sp³-hybridized carbons (Fsp3) is 0.500.